The number of carbonyl (C=O) groups is 4. The monoisotopic (exact) mass is 969 g/mol. The molecule has 0 bridgehead atoms. The fourth-order valence-corrected chi connectivity index (χ4v) is 11.2. The topological polar surface area (TPSA) is 196 Å². The molecule has 378 valence electrons. The molecule has 8 rings (SSSR count). The molecule has 2 fully saturated rings. The lowest BCUT2D eigenvalue weighted by molar-refractivity contribution is -0.161. The SMILES string of the molecule is CCN1CCc2cc(OC)c(OC)cc2C1C1CC(C(=O)N2CCN(c3ncnc4c3nnn4C)CC2)CCC12c1cc(OC)c(OC)cc1CCN2C(=O)CCN(C)C(=O)OCOC(=O)C(C)(C)C. The van der Waals surface area contributed by atoms with Crippen LogP contribution in [0.3, 0.4) is 0 Å². The Bertz CT molecular complexity index is 2590. The second kappa shape index (κ2) is 20.5. The summed E-state index contributed by atoms with van der Waals surface area (Å²) in [7, 11) is 9.88. The molecule has 0 N–H and O–H groups in total. The number of carbonyl (C=O) groups excluding carboxylic acids is 4. The highest BCUT2D eigenvalue weighted by atomic mass is 16.7. The van der Waals surface area contributed by atoms with Crippen molar-refractivity contribution in [1.82, 2.24) is 44.6 Å². The van der Waals surface area contributed by atoms with E-state index in [0.717, 1.165) is 41.8 Å². The molecule has 0 radical (unpaired) electrons. The minimum absolute atomic E-state index is 0.00587. The molecular formula is C50H68N10O10. The van der Waals surface area contributed by atoms with Gasteiger partial charge in [0.05, 0.1) is 39.4 Å². The lowest BCUT2D eigenvalue weighted by atomic mass is 9.58. The first-order chi connectivity index (χ1) is 33.6. The van der Waals surface area contributed by atoms with Gasteiger partial charge in [-0.15, -0.1) is 5.10 Å². The molecular weight excluding hydrogens is 901 g/mol. The molecule has 1 aliphatic carbocycles. The molecule has 2 aromatic heterocycles. The Morgan fingerprint density at radius 1 is 0.829 bits per heavy atom. The molecule has 5 heterocycles. The van der Waals surface area contributed by atoms with E-state index in [9.17, 15) is 9.59 Å². The number of benzene rings is 2. The van der Waals surface area contributed by atoms with Crippen molar-refractivity contribution in [3.63, 3.8) is 0 Å². The average molecular weight is 969 g/mol. The second-order valence-corrected chi connectivity index (χ2v) is 19.7. The Kier molecular flexibility index (Phi) is 14.6. The number of hydrogen-bond acceptors (Lipinski definition) is 16. The van der Waals surface area contributed by atoms with Crippen molar-refractivity contribution in [1.29, 1.82) is 0 Å². The van der Waals surface area contributed by atoms with Gasteiger partial charge in [0.1, 0.15) is 6.33 Å². The third-order valence-corrected chi connectivity index (χ3v) is 14.9. The van der Waals surface area contributed by atoms with Gasteiger partial charge in [-0.05, 0) is 106 Å². The number of methoxy groups -OCH3 is 4. The van der Waals surface area contributed by atoms with E-state index in [1.807, 2.05) is 21.9 Å². The van der Waals surface area contributed by atoms with Crippen LogP contribution in [0.15, 0.2) is 30.6 Å². The maximum Gasteiger partial charge on any atom is 0.412 e. The lowest BCUT2D eigenvalue weighted by Crippen LogP contribution is -2.63. The maximum absolute atomic E-state index is 15.3. The predicted molar refractivity (Wildman–Crippen MR) is 258 cm³/mol. The number of amides is 3. The molecule has 1 saturated heterocycles. The third-order valence-electron chi connectivity index (χ3n) is 14.9. The summed E-state index contributed by atoms with van der Waals surface area (Å²) in [4.78, 5) is 74.8. The number of rotatable bonds is 13. The minimum Gasteiger partial charge on any atom is -0.493 e. The summed E-state index contributed by atoms with van der Waals surface area (Å²) in [5.41, 5.74) is 3.79. The van der Waals surface area contributed by atoms with Gasteiger partial charge in [-0.1, -0.05) is 12.1 Å². The summed E-state index contributed by atoms with van der Waals surface area (Å²) in [5, 5.41) is 8.50. The van der Waals surface area contributed by atoms with Crippen molar-refractivity contribution in [2.24, 2.45) is 24.3 Å². The van der Waals surface area contributed by atoms with Crippen molar-refractivity contribution in [3.8, 4) is 23.0 Å². The van der Waals surface area contributed by atoms with E-state index in [-0.39, 0.29) is 42.7 Å². The molecule has 1 spiro atoms. The van der Waals surface area contributed by atoms with E-state index in [4.69, 9.17) is 28.4 Å². The summed E-state index contributed by atoms with van der Waals surface area (Å²) in [6.45, 7) is 10.8. The molecule has 70 heavy (non-hydrogen) atoms. The van der Waals surface area contributed by atoms with Gasteiger partial charge < -0.3 is 48.0 Å². The van der Waals surface area contributed by atoms with Crippen LogP contribution in [0, 0.1) is 17.3 Å². The highest BCUT2D eigenvalue weighted by molar-refractivity contribution is 5.84. The van der Waals surface area contributed by atoms with Gasteiger partial charge in [-0.3, -0.25) is 19.3 Å². The molecule has 20 nitrogen and oxygen atoms in total. The molecule has 4 aliphatic rings. The highest BCUT2D eigenvalue weighted by Crippen LogP contribution is 2.59. The molecule has 2 aromatic carbocycles. The Labute approximate surface area is 409 Å². The van der Waals surface area contributed by atoms with E-state index in [2.05, 4.69) is 49.1 Å². The number of esters is 1. The van der Waals surface area contributed by atoms with Crippen molar-refractivity contribution < 1.29 is 47.6 Å². The van der Waals surface area contributed by atoms with Crippen LogP contribution >= 0.6 is 0 Å². The van der Waals surface area contributed by atoms with Gasteiger partial charge in [0.2, 0.25) is 18.6 Å². The summed E-state index contributed by atoms with van der Waals surface area (Å²) < 4.78 is 35.7. The summed E-state index contributed by atoms with van der Waals surface area (Å²) >= 11 is 0. The zero-order chi connectivity index (χ0) is 50.1. The Balaban J connectivity index is 1.16. The number of likely N-dealkylation sites (N-methyl/N-ethyl adjacent to an activating group) is 1. The van der Waals surface area contributed by atoms with E-state index in [1.54, 1.807) is 68.0 Å². The quantitative estimate of drug-likeness (QED) is 0.131. The lowest BCUT2D eigenvalue weighted by Gasteiger charge is -2.59. The van der Waals surface area contributed by atoms with Crippen LogP contribution in [-0.4, -0.2) is 163 Å². The number of hydrogen-bond donors (Lipinski definition) is 0. The fraction of sp³-hybridized carbons (Fsp3) is 0.600. The number of fused-ring (bicyclic) bond motifs is 4. The van der Waals surface area contributed by atoms with E-state index in [1.165, 1.54) is 11.2 Å². The highest BCUT2D eigenvalue weighted by Gasteiger charge is 2.58. The van der Waals surface area contributed by atoms with E-state index in [0.29, 0.717) is 98.4 Å². The van der Waals surface area contributed by atoms with Gasteiger partial charge in [-0.25, -0.2) is 19.4 Å². The van der Waals surface area contributed by atoms with Crippen LogP contribution in [0.5, 0.6) is 23.0 Å². The van der Waals surface area contributed by atoms with Crippen molar-refractivity contribution in [2.75, 3.05) is 99.5 Å². The first-order valence-electron chi connectivity index (χ1n) is 24.2. The zero-order valence-corrected chi connectivity index (χ0v) is 42.3. The minimum atomic E-state index is -0.936. The Hall–Kier alpha value is -6.44. The van der Waals surface area contributed by atoms with Crippen LogP contribution in [0.25, 0.3) is 11.2 Å². The van der Waals surface area contributed by atoms with E-state index >= 15 is 9.59 Å². The van der Waals surface area contributed by atoms with Crippen molar-refractivity contribution in [2.45, 2.75) is 77.8 Å². The van der Waals surface area contributed by atoms with Gasteiger partial charge in [0, 0.05) is 84.2 Å². The molecule has 3 aliphatic heterocycles. The number of piperazine rings is 1. The first kappa shape index (κ1) is 50.0. The third kappa shape index (κ3) is 9.33. The number of anilines is 1. The first-order valence-corrected chi connectivity index (χ1v) is 24.2. The molecule has 20 heteroatoms. The molecule has 4 aromatic rings. The number of aromatic nitrogens is 5. The summed E-state index contributed by atoms with van der Waals surface area (Å²) in [6, 6.07) is 7.98. The van der Waals surface area contributed by atoms with Crippen molar-refractivity contribution >= 4 is 40.9 Å². The largest absolute Gasteiger partial charge is 0.493 e. The molecule has 4 unspecified atom stereocenters. The Morgan fingerprint density at radius 2 is 1.49 bits per heavy atom. The van der Waals surface area contributed by atoms with Crippen LogP contribution in [0.1, 0.15) is 81.7 Å². The van der Waals surface area contributed by atoms with Crippen LogP contribution in [-0.2, 0) is 49.3 Å². The second-order valence-electron chi connectivity index (χ2n) is 19.7. The Morgan fingerprint density at radius 3 is 2.16 bits per heavy atom. The normalized spacial score (nSPS) is 21.5. The summed E-state index contributed by atoms with van der Waals surface area (Å²) in [5.74, 6) is 1.87. The van der Waals surface area contributed by atoms with Crippen LogP contribution in [0.2, 0.25) is 0 Å². The summed E-state index contributed by atoms with van der Waals surface area (Å²) in [6.07, 6.45) is 3.63. The smallest absolute Gasteiger partial charge is 0.412 e. The van der Waals surface area contributed by atoms with E-state index < -0.39 is 29.8 Å². The average Bonchev–Trinajstić information content (AvgIpc) is 3.76. The molecule has 4 atom stereocenters. The van der Waals surface area contributed by atoms with Gasteiger partial charge in [0.25, 0.3) is 0 Å². The number of nitrogens with zero attached hydrogens (tertiary/aromatic N) is 10. The van der Waals surface area contributed by atoms with Crippen molar-refractivity contribution in [3.05, 3.63) is 52.8 Å². The standard InChI is InChI=1S/C50H68N10O10/c1-11-57-18-13-31-25-37(65-7)39(67-9)27-34(31)43(57)36-24-33(46(62)59-22-20-58(21-23-59)45-42-44(51-29-52-45)56(6)54-53-42)12-16-50(36)35-28-40(68-10)38(66-8)26-32(35)14-19-60(50)41(61)15-17-55(5)48(64)70-30-69-47(63)49(2,3)4/h25-29,33,36,43H,11-24,30H2,1-10H3. The number of aryl methyl sites for hydroxylation is 1. The van der Waals surface area contributed by atoms with Gasteiger partial charge in [0.15, 0.2) is 40.0 Å². The van der Waals surface area contributed by atoms with Crippen LogP contribution < -0.4 is 23.8 Å². The van der Waals surface area contributed by atoms with Crippen LogP contribution in [0.4, 0.5) is 10.6 Å². The van der Waals surface area contributed by atoms with Gasteiger partial charge >= 0.3 is 12.1 Å². The molecule has 3 amide bonds. The fourth-order valence-electron chi connectivity index (χ4n) is 11.2. The maximum atomic E-state index is 15.3. The zero-order valence-electron chi connectivity index (χ0n) is 42.3. The van der Waals surface area contributed by atoms with Gasteiger partial charge in [-0.2, -0.15) is 0 Å². The molecule has 1 saturated carbocycles. The number of ether oxygens (including phenoxy) is 6. The predicted octanol–water partition coefficient (Wildman–Crippen LogP) is 4.76.